The summed E-state index contributed by atoms with van der Waals surface area (Å²) in [5.41, 5.74) is 2.34. The second-order valence-corrected chi connectivity index (χ2v) is 11.1. The van der Waals surface area contributed by atoms with Gasteiger partial charge >= 0.3 is 0 Å². The van der Waals surface area contributed by atoms with Crippen LogP contribution in [0, 0.1) is 0 Å². The van der Waals surface area contributed by atoms with E-state index < -0.39 is 10.0 Å². The van der Waals surface area contributed by atoms with Gasteiger partial charge in [-0.2, -0.15) is 4.98 Å². The van der Waals surface area contributed by atoms with Crippen molar-refractivity contribution in [3.8, 4) is 0 Å². The van der Waals surface area contributed by atoms with Crippen molar-refractivity contribution in [2.75, 3.05) is 67.1 Å². The summed E-state index contributed by atoms with van der Waals surface area (Å²) in [6, 6.07) is 11.1. The van der Waals surface area contributed by atoms with Crippen LogP contribution in [0.25, 0.3) is 10.9 Å². The standard InChI is InChI=1S/C24H33N7O2S/c1-18(2)21-16-20-22(17-26-21)27-24(31-13-11-29(3)12-14-31)28-23(20)25-10-15-34(32,33)30(4)19-8-6-5-7-9-19/h5-9,16-18H,10-15H2,1-4H3,(H,25,27,28). The van der Waals surface area contributed by atoms with E-state index in [-0.39, 0.29) is 18.2 Å². The molecule has 4 rings (SSSR count). The Bertz CT molecular complexity index is 1230. The molecule has 9 nitrogen and oxygen atoms in total. The molecule has 1 saturated heterocycles. The van der Waals surface area contributed by atoms with E-state index in [1.807, 2.05) is 24.3 Å². The second-order valence-electron chi connectivity index (χ2n) is 8.99. The van der Waals surface area contributed by atoms with Gasteiger partial charge in [-0.3, -0.25) is 9.29 Å². The van der Waals surface area contributed by atoms with E-state index in [4.69, 9.17) is 9.97 Å². The van der Waals surface area contributed by atoms with Gasteiger partial charge in [-0.15, -0.1) is 0 Å². The first-order chi connectivity index (χ1) is 16.2. The van der Waals surface area contributed by atoms with Crippen LogP contribution in [0.5, 0.6) is 0 Å². The second kappa shape index (κ2) is 10.1. The average molecular weight is 484 g/mol. The summed E-state index contributed by atoms with van der Waals surface area (Å²) < 4.78 is 27.1. The molecule has 1 fully saturated rings. The number of pyridine rings is 1. The molecule has 1 N–H and O–H groups in total. The molecular weight excluding hydrogens is 450 g/mol. The van der Waals surface area contributed by atoms with E-state index in [1.165, 1.54) is 4.31 Å². The summed E-state index contributed by atoms with van der Waals surface area (Å²) in [5, 5.41) is 4.13. The van der Waals surface area contributed by atoms with Gasteiger partial charge < -0.3 is 15.1 Å². The first kappa shape index (κ1) is 24.2. The van der Waals surface area contributed by atoms with E-state index in [1.54, 1.807) is 25.4 Å². The number of nitrogens with zero attached hydrogens (tertiary/aromatic N) is 6. The third-order valence-electron chi connectivity index (χ3n) is 6.16. The Hall–Kier alpha value is -2.98. The smallest absolute Gasteiger partial charge is 0.236 e. The van der Waals surface area contributed by atoms with Crippen LogP contribution < -0.4 is 14.5 Å². The molecule has 182 valence electrons. The third kappa shape index (κ3) is 5.39. The Balaban J connectivity index is 1.58. The highest BCUT2D eigenvalue weighted by Crippen LogP contribution is 2.26. The lowest BCUT2D eigenvalue weighted by molar-refractivity contribution is 0.311. The van der Waals surface area contributed by atoms with Crippen molar-refractivity contribution in [1.82, 2.24) is 19.9 Å². The molecule has 3 aromatic rings. The van der Waals surface area contributed by atoms with Gasteiger partial charge in [0.05, 0.1) is 23.2 Å². The molecule has 0 bridgehead atoms. The third-order valence-corrected chi connectivity index (χ3v) is 7.92. The van der Waals surface area contributed by atoms with Gasteiger partial charge in [0.25, 0.3) is 0 Å². The molecule has 0 saturated carbocycles. The highest BCUT2D eigenvalue weighted by atomic mass is 32.2. The fourth-order valence-corrected chi connectivity index (χ4v) is 4.95. The predicted molar refractivity (Wildman–Crippen MR) is 138 cm³/mol. The Kier molecular flexibility index (Phi) is 7.18. The number of likely N-dealkylation sites (N-methyl/N-ethyl adjacent to an activating group) is 1. The van der Waals surface area contributed by atoms with E-state index in [9.17, 15) is 8.42 Å². The van der Waals surface area contributed by atoms with Crippen LogP contribution in [0.3, 0.4) is 0 Å². The lowest BCUT2D eigenvalue weighted by atomic mass is 10.1. The molecule has 1 aromatic carbocycles. The summed E-state index contributed by atoms with van der Waals surface area (Å²) in [4.78, 5) is 18.6. The van der Waals surface area contributed by atoms with E-state index in [0.717, 1.165) is 42.8 Å². The molecule has 0 atom stereocenters. The molecule has 10 heteroatoms. The zero-order chi connectivity index (χ0) is 24.3. The van der Waals surface area contributed by atoms with Crippen molar-refractivity contribution in [3.05, 3.63) is 48.3 Å². The minimum absolute atomic E-state index is 0.0597. The van der Waals surface area contributed by atoms with Crippen molar-refractivity contribution in [2.24, 2.45) is 0 Å². The van der Waals surface area contributed by atoms with Gasteiger partial charge in [-0.25, -0.2) is 13.4 Å². The molecular formula is C24H33N7O2S. The number of fused-ring (bicyclic) bond motifs is 1. The molecule has 0 amide bonds. The maximum Gasteiger partial charge on any atom is 0.236 e. The van der Waals surface area contributed by atoms with E-state index in [2.05, 4.69) is 41.0 Å². The Morgan fingerprint density at radius 2 is 1.79 bits per heavy atom. The monoisotopic (exact) mass is 483 g/mol. The molecule has 3 heterocycles. The molecule has 0 radical (unpaired) electrons. The number of sulfonamides is 1. The fraction of sp³-hybridized carbons (Fsp3) is 0.458. The molecule has 0 spiro atoms. The van der Waals surface area contributed by atoms with Gasteiger partial charge in [0, 0.05) is 50.9 Å². The number of benzene rings is 1. The molecule has 2 aromatic heterocycles. The van der Waals surface area contributed by atoms with Crippen molar-refractivity contribution in [1.29, 1.82) is 0 Å². The van der Waals surface area contributed by atoms with Gasteiger partial charge in [-0.1, -0.05) is 32.0 Å². The van der Waals surface area contributed by atoms with Crippen LogP contribution in [0.2, 0.25) is 0 Å². The zero-order valence-corrected chi connectivity index (χ0v) is 21.1. The number of rotatable bonds is 8. The number of para-hydroxylation sites is 1. The molecule has 1 aliphatic heterocycles. The SMILES string of the molecule is CC(C)c1cc2c(NCCS(=O)(=O)N(C)c3ccccc3)nc(N3CCN(C)CC3)nc2cn1. The van der Waals surface area contributed by atoms with Crippen molar-refractivity contribution >= 4 is 38.4 Å². The molecule has 34 heavy (non-hydrogen) atoms. The van der Waals surface area contributed by atoms with Crippen LogP contribution in [0.1, 0.15) is 25.5 Å². The van der Waals surface area contributed by atoms with Crippen LogP contribution in [0.4, 0.5) is 17.5 Å². The van der Waals surface area contributed by atoms with Crippen molar-refractivity contribution in [3.63, 3.8) is 0 Å². The first-order valence-corrected chi connectivity index (χ1v) is 13.2. The maximum absolute atomic E-state index is 12.9. The van der Waals surface area contributed by atoms with Gasteiger partial charge in [-0.05, 0) is 31.2 Å². The minimum Gasteiger partial charge on any atom is -0.368 e. The number of aromatic nitrogens is 3. The Labute approximate surface area is 201 Å². The summed E-state index contributed by atoms with van der Waals surface area (Å²) >= 11 is 0. The van der Waals surface area contributed by atoms with Crippen LogP contribution in [0.15, 0.2) is 42.6 Å². The van der Waals surface area contributed by atoms with Crippen molar-refractivity contribution in [2.45, 2.75) is 19.8 Å². The van der Waals surface area contributed by atoms with Crippen LogP contribution in [-0.2, 0) is 10.0 Å². The van der Waals surface area contributed by atoms with Gasteiger partial charge in [0.2, 0.25) is 16.0 Å². The first-order valence-electron chi connectivity index (χ1n) is 11.6. The molecule has 0 aliphatic carbocycles. The van der Waals surface area contributed by atoms with E-state index in [0.29, 0.717) is 17.5 Å². The summed E-state index contributed by atoms with van der Waals surface area (Å²) in [6.45, 7) is 7.98. The summed E-state index contributed by atoms with van der Waals surface area (Å²) in [5.74, 6) is 1.48. The Morgan fingerprint density at radius 1 is 1.09 bits per heavy atom. The number of hydrogen-bond donors (Lipinski definition) is 1. The average Bonchev–Trinajstić information content (AvgIpc) is 2.84. The zero-order valence-electron chi connectivity index (χ0n) is 20.3. The lowest BCUT2D eigenvalue weighted by Gasteiger charge is -2.32. The van der Waals surface area contributed by atoms with E-state index >= 15 is 0 Å². The fourth-order valence-electron chi connectivity index (χ4n) is 3.87. The predicted octanol–water partition coefficient (Wildman–Crippen LogP) is 2.78. The van der Waals surface area contributed by atoms with Crippen LogP contribution >= 0.6 is 0 Å². The lowest BCUT2D eigenvalue weighted by Crippen LogP contribution is -2.45. The van der Waals surface area contributed by atoms with Gasteiger partial charge in [0.15, 0.2) is 0 Å². The normalized spacial score (nSPS) is 15.1. The molecule has 0 unspecified atom stereocenters. The highest BCUT2D eigenvalue weighted by molar-refractivity contribution is 7.92. The number of anilines is 3. The highest BCUT2D eigenvalue weighted by Gasteiger charge is 2.21. The summed E-state index contributed by atoms with van der Waals surface area (Å²) in [6.07, 6.45) is 1.79. The largest absolute Gasteiger partial charge is 0.368 e. The number of nitrogens with one attached hydrogen (secondary N) is 1. The van der Waals surface area contributed by atoms with Gasteiger partial charge in [0.1, 0.15) is 5.82 Å². The molecule has 1 aliphatic rings. The minimum atomic E-state index is -3.50. The Morgan fingerprint density at radius 3 is 2.47 bits per heavy atom. The number of hydrogen-bond acceptors (Lipinski definition) is 8. The van der Waals surface area contributed by atoms with Crippen molar-refractivity contribution < 1.29 is 8.42 Å². The quantitative estimate of drug-likeness (QED) is 0.523. The summed E-state index contributed by atoms with van der Waals surface area (Å²) in [7, 11) is 0.191. The maximum atomic E-state index is 12.9. The number of piperazine rings is 1. The van der Waals surface area contributed by atoms with Crippen LogP contribution in [-0.4, -0.2) is 80.8 Å². The topological polar surface area (TPSA) is 94.6 Å².